The molecule has 82 heavy (non-hydrogen) atoms. The molecule has 0 aliphatic heterocycles. The van der Waals surface area contributed by atoms with Crippen molar-refractivity contribution in [1.29, 1.82) is 0 Å². The number of benzene rings is 13. The van der Waals surface area contributed by atoms with E-state index in [1.165, 1.54) is 38.9 Å². The van der Waals surface area contributed by atoms with E-state index in [4.69, 9.17) is 4.42 Å². The van der Waals surface area contributed by atoms with Gasteiger partial charge in [-0.1, -0.05) is 255 Å². The molecule has 0 fully saturated rings. The third-order valence-corrected chi connectivity index (χ3v) is 16.6. The molecule has 386 valence electrons. The summed E-state index contributed by atoms with van der Waals surface area (Å²) in [5.74, 6) is 0. The van der Waals surface area contributed by atoms with E-state index in [2.05, 4.69) is 337 Å². The minimum absolute atomic E-state index is 0.814. The van der Waals surface area contributed by atoms with Crippen molar-refractivity contribution in [3.63, 3.8) is 0 Å². The van der Waals surface area contributed by atoms with Gasteiger partial charge in [-0.2, -0.15) is 0 Å². The lowest BCUT2D eigenvalue weighted by Crippen LogP contribution is -2.29. The molecule has 0 radical (unpaired) electrons. The van der Waals surface area contributed by atoms with Crippen LogP contribution in [0.1, 0.15) is 22.3 Å². The van der Waals surface area contributed by atoms with E-state index in [1.54, 1.807) is 0 Å². The first kappa shape index (κ1) is 48.4. The number of rotatable bonds is 12. The Morgan fingerprint density at radius 1 is 0.268 bits per heavy atom. The summed E-state index contributed by atoms with van der Waals surface area (Å²) < 4.78 is 7.41. The average molecular weight is 1050 g/mol. The molecule has 13 aromatic carbocycles. The van der Waals surface area contributed by atoms with Gasteiger partial charge >= 0.3 is 0 Å². The zero-order chi connectivity index (χ0) is 54.4. The van der Waals surface area contributed by atoms with E-state index in [0.29, 0.717) is 0 Å². The zero-order valence-electron chi connectivity index (χ0n) is 45.0. The standard InChI is InChI=1S/C79H54N2O/c1-7-21-55(22-8-1)59-35-43-65(44-36-59)80(66-45-37-60(38-46-66)56-23-9-2-10-24-56)69-51-52-70-72(53-69)79(63-29-15-5-16-30-63,64-31-17-6-18-32-64)73-54-74(77-71-33-19-20-34-75(71)82-78(77)76(70)73)81(67-47-39-61(40-48-67)57-25-11-3-12-26-57)68-49-41-62(42-50-68)58-27-13-4-14-28-58/h1-54H. The van der Waals surface area contributed by atoms with Crippen LogP contribution in [-0.2, 0) is 5.41 Å². The molecule has 0 bridgehead atoms. The number of hydrogen-bond donors (Lipinski definition) is 0. The molecule has 0 spiro atoms. The van der Waals surface area contributed by atoms with Gasteiger partial charge in [0.15, 0.2) is 0 Å². The number of para-hydroxylation sites is 1. The fraction of sp³-hybridized carbons (Fsp3) is 0.0127. The molecule has 0 atom stereocenters. The molecule has 0 saturated heterocycles. The van der Waals surface area contributed by atoms with Gasteiger partial charge in [-0.15, -0.1) is 0 Å². The molecule has 15 rings (SSSR count). The van der Waals surface area contributed by atoms with Crippen LogP contribution in [0, 0.1) is 0 Å². The van der Waals surface area contributed by atoms with Crippen LogP contribution >= 0.6 is 0 Å². The maximum absolute atomic E-state index is 7.41. The third kappa shape index (κ3) is 8.29. The zero-order valence-corrected chi connectivity index (χ0v) is 45.0. The normalized spacial score (nSPS) is 12.2. The van der Waals surface area contributed by atoms with Crippen molar-refractivity contribution in [1.82, 2.24) is 0 Å². The van der Waals surface area contributed by atoms with E-state index in [1.807, 2.05) is 0 Å². The van der Waals surface area contributed by atoms with Gasteiger partial charge in [-0.3, -0.25) is 0 Å². The van der Waals surface area contributed by atoms with Crippen LogP contribution in [0.5, 0.6) is 0 Å². The van der Waals surface area contributed by atoms with Gasteiger partial charge in [0.25, 0.3) is 0 Å². The van der Waals surface area contributed by atoms with Crippen LogP contribution in [-0.4, -0.2) is 0 Å². The number of furan rings is 1. The highest BCUT2D eigenvalue weighted by atomic mass is 16.3. The fourth-order valence-electron chi connectivity index (χ4n) is 12.7. The summed E-state index contributed by atoms with van der Waals surface area (Å²) in [5, 5.41) is 2.11. The summed E-state index contributed by atoms with van der Waals surface area (Å²) in [6.07, 6.45) is 0. The van der Waals surface area contributed by atoms with Crippen LogP contribution in [0.15, 0.2) is 332 Å². The van der Waals surface area contributed by atoms with E-state index in [-0.39, 0.29) is 0 Å². The Kier molecular flexibility index (Phi) is 12.1. The van der Waals surface area contributed by atoms with E-state index >= 15 is 0 Å². The summed E-state index contributed by atoms with van der Waals surface area (Å²) in [6.45, 7) is 0. The van der Waals surface area contributed by atoms with Crippen molar-refractivity contribution in [2.24, 2.45) is 0 Å². The summed E-state index contributed by atoms with van der Waals surface area (Å²) in [4.78, 5) is 4.86. The Morgan fingerprint density at radius 2 is 0.610 bits per heavy atom. The Hall–Kier alpha value is -10.7. The second-order valence-electron chi connectivity index (χ2n) is 21.2. The molecule has 0 amide bonds. The van der Waals surface area contributed by atoms with Gasteiger partial charge in [-0.05, 0) is 145 Å². The molecular formula is C79H54N2O. The molecule has 3 heteroatoms. The Labute approximate surface area is 478 Å². The van der Waals surface area contributed by atoms with E-state index < -0.39 is 5.41 Å². The lowest BCUT2D eigenvalue weighted by molar-refractivity contribution is 0.669. The smallest absolute Gasteiger partial charge is 0.145 e. The van der Waals surface area contributed by atoms with E-state index in [9.17, 15) is 0 Å². The molecular weight excluding hydrogens is 993 g/mol. The highest BCUT2D eigenvalue weighted by Gasteiger charge is 2.49. The van der Waals surface area contributed by atoms with Gasteiger partial charge in [0.1, 0.15) is 11.2 Å². The van der Waals surface area contributed by atoms with E-state index in [0.717, 1.165) is 95.0 Å². The molecule has 0 saturated carbocycles. The maximum atomic E-state index is 7.41. The third-order valence-electron chi connectivity index (χ3n) is 16.6. The summed E-state index contributed by atoms with van der Waals surface area (Å²) in [5.41, 5.74) is 23.4. The Morgan fingerprint density at radius 3 is 1.02 bits per heavy atom. The van der Waals surface area contributed by atoms with Crippen molar-refractivity contribution >= 4 is 56.1 Å². The van der Waals surface area contributed by atoms with Crippen LogP contribution in [0.2, 0.25) is 0 Å². The van der Waals surface area contributed by atoms with Crippen molar-refractivity contribution < 1.29 is 4.42 Å². The first-order valence-corrected chi connectivity index (χ1v) is 28.1. The van der Waals surface area contributed by atoms with Crippen LogP contribution in [0.25, 0.3) is 77.6 Å². The average Bonchev–Trinajstić information content (AvgIpc) is 2.17. The molecule has 0 N–H and O–H groups in total. The summed E-state index contributed by atoms with van der Waals surface area (Å²) in [6, 6.07) is 119. The number of nitrogens with zero attached hydrogens (tertiary/aromatic N) is 2. The van der Waals surface area contributed by atoms with Crippen molar-refractivity contribution in [3.05, 3.63) is 350 Å². The van der Waals surface area contributed by atoms with Gasteiger partial charge in [-0.25, -0.2) is 0 Å². The van der Waals surface area contributed by atoms with Crippen LogP contribution < -0.4 is 9.80 Å². The molecule has 1 heterocycles. The minimum atomic E-state index is -0.814. The van der Waals surface area contributed by atoms with Gasteiger partial charge in [0.2, 0.25) is 0 Å². The summed E-state index contributed by atoms with van der Waals surface area (Å²) >= 11 is 0. The quantitative estimate of drug-likeness (QED) is 0.122. The first-order valence-electron chi connectivity index (χ1n) is 28.1. The maximum Gasteiger partial charge on any atom is 0.145 e. The van der Waals surface area contributed by atoms with Gasteiger partial charge in [0.05, 0.1) is 16.5 Å². The molecule has 1 aliphatic rings. The fourth-order valence-corrected chi connectivity index (χ4v) is 12.7. The second kappa shape index (κ2) is 20.5. The first-order chi connectivity index (χ1) is 40.7. The highest BCUT2D eigenvalue weighted by molar-refractivity contribution is 6.19. The topological polar surface area (TPSA) is 19.6 Å². The van der Waals surface area contributed by atoms with Gasteiger partial charge in [0, 0.05) is 39.4 Å². The SMILES string of the molecule is c1ccc(-c2ccc(N(c3ccc(-c4ccccc4)cc3)c3ccc4c(c3)C(c3ccccc3)(c3ccccc3)c3cc(N(c5ccc(-c6ccccc6)cc5)c5ccc(-c6ccccc6)cc5)c5c(oc6ccccc65)c3-4)cc2)cc1. The monoisotopic (exact) mass is 1050 g/mol. The van der Waals surface area contributed by atoms with Crippen LogP contribution in [0.3, 0.4) is 0 Å². The Balaban J connectivity index is 0.997. The number of fused-ring (bicyclic) bond motifs is 7. The molecule has 14 aromatic rings. The van der Waals surface area contributed by atoms with Crippen molar-refractivity contribution in [2.75, 3.05) is 9.80 Å². The minimum Gasteiger partial charge on any atom is -0.455 e. The Bertz CT molecular complexity index is 4340. The van der Waals surface area contributed by atoms with Crippen molar-refractivity contribution in [2.45, 2.75) is 5.41 Å². The van der Waals surface area contributed by atoms with Gasteiger partial charge < -0.3 is 14.2 Å². The predicted octanol–water partition coefficient (Wildman–Crippen LogP) is 21.6. The summed E-state index contributed by atoms with van der Waals surface area (Å²) in [7, 11) is 0. The lowest BCUT2D eigenvalue weighted by atomic mass is 9.67. The van der Waals surface area contributed by atoms with Crippen molar-refractivity contribution in [3.8, 4) is 55.6 Å². The largest absolute Gasteiger partial charge is 0.455 e. The molecule has 1 aromatic heterocycles. The number of hydrogen-bond acceptors (Lipinski definition) is 3. The second-order valence-corrected chi connectivity index (χ2v) is 21.2. The molecule has 3 nitrogen and oxygen atoms in total. The lowest BCUT2D eigenvalue weighted by Gasteiger charge is -2.36. The predicted molar refractivity (Wildman–Crippen MR) is 342 cm³/mol. The van der Waals surface area contributed by atoms with Crippen LogP contribution in [0.4, 0.5) is 34.1 Å². The molecule has 0 unspecified atom stereocenters. The highest BCUT2D eigenvalue weighted by Crippen LogP contribution is 2.62. The molecule has 1 aliphatic carbocycles. The number of anilines is 6.